The van der Waals surface area contributed by atoms with Gasteiger partial charge in [0, 0.05) is 26.2 Å². The molecule has 6 nitrogen and oxygen atoms in total. The first-order chi connectivity index (χ1) is 10.1. The van der Waals surface area contributed by atoms with Crippen molar-refractivity contribution in [2.75, 3.05) is 26.2 Å². The largest absolute Gasteiger partial charge is 0.395 e. The fraction of sp³-hybridized carbons (Fsp3) is 0.733. The highest BCUT2D eigenvalue weighted by molar-refractivity contribution is 5.93. The fourth-order valence-corrected chi connectivity index (χ4v) is 3.00. The minimum Gasteiger partial charge on any atom is -0.395 e. The molecule has 2 rings (SSSR count). The molecule has 2 N–H and O–H groups in total. The summed E-state index contributed by atoms with van der Waals surface area (Å²) in [5, 5.41) is 12.3. The van der Waals surface area contributed by atoms with Crippen molar-refractivity contribution in [3.63, 3.8) is 0 Å². The third-order valence-corrected chi connectivity index (χ3v) is 4.20. The first kappa shape index (κ1) is 16.0. The van der Waals surface area contributed by atoms with Crippen LogP contribution in [0, 0.1) is 6.92 Å². The highest BCUT2D eigenvalue weighted by atomic mass is 16.3. The van der Waals surface area contributed by atoms with Crippen LogP contribution in [0.25, 0.3) is 0 Å². The molecule has 118 valence electrons. The third kappa shape index (κ3) is 4.04. The quantitative estimate of drug-likeness (QED) is 0.758. The van der Waals surface area contributed by atoms with Crippen LogP contribution >= 0.6 is 0 Å². The van der Waals surface area contributed by atoms with E-state index in [9.17, 15) is 9.90 Å². The zero-order chi connectivity index (χ0) is 15.2. The van der Waals surface area contributed by atoms with E-state index >= 15 is 0 Å². The van der Waals surface area contributed by atoms with Crippen LogP contribution in [0.2, 0.25) is 0 Å². The van der Waals surface area contributed by atoms with E-state index in [0.717, 1.165) is 31.6 Å². The number of rotatable bonds is 6. The summed E-state index contributed by atoms with van der Waals surface area (Å²) in [7, 11) is 1.83. The smallest absolute Gasteiger partial charge is 0.269 e. The Labute approximate surface area is 126 Å². The van der Waals surface area contributed by atoms with Crippen LogP contribution in [0.3, 0.4) is 0 Å². The minimum absolute atomic E-state index is 0.0650. The first-order valence-corrected chi connectivity index (χ1v) is 7.74. The number of aliphatic hydroxyl groups excluding tert-OH is 1. The Hall–Kier alpha value is -1.40. The summed E-state index contributed by atoms with van der Waals surface area (Å²) in [4.78, 5) is 18.6. The number of amides is 1. The average molecular weight is 294 g/mol. The molecule has 0 bridgehead atoms. The number of aryl methyl sites for hydroxylation is 2. The molecule has 1 amide bonds. The predicted molar refractivity (Wildman–Crippen MR) is 81.2 cm³/mol. The van der Waals surface area contributed by atoms with Gasteiger partial charge in [0.1, 0.15) is 5.69 Å². The molecule has 1 saturated heterocycles. The lowest BCUT2D eigenvalue weighted by molar-refractivity contribution is 0.0865. The van der Waals surface area contributed by atoms with Crippen LogP contribution in [0.5, 0.6) is 0 Å². The van der Waals surface area contributed by atoms with Crippen molar-refractivity contribution < 1.29 is 9.90 Å². The van der Waals surface area contributed by atoms with E-state index in [0.29, 0.717) is 18.3 Å². The van der Waals surface area contributed by atoms with Crippen molar-refractivity contribution in [2.45, 2.75) is 38.6 Å². The fourth-order valence-electron chi connectivity index (χ4n) is 3.00. The van der Waals surface area contributed by atoms with Crippen molar-refractivity contribution >= 4 is 5.91 Å². The van der Waals surface area contributed by atoms with Crippen molar-refractivity contribution in [3.05, 3.63) is 17.7 Å². The van der Waals surface area contributed by atoms with E-state index < -0.39 is 0 Å². The van der Waals surface area contributed by atoms with Gasteiger partial charge < -0.3 is 15.0 Å². The van der Waals surface area contributed by atoms with Crippen molar-refractivity contribution in [1.29, 1.82) is 0 Å². The van der Waals surface area contributed by atoms with E-state index in [1.54, 1.807) is 10.9 Å². The molecule has 6 heteroatoms. The lowest BCUT2D eigenvalue weighted by Gasteiger charge is -2.34. The zero-order valence-electron chi connectivity index (χ0n) is 13.0. The Bertz CT molecular complexity index is 453. The van der Waals surface area contributed by atoms with Gasteiger partial charge in [0.05, 0.1) is 18.6 Å². The van der Waals surface area contributed by atoms with Gasteiger partial charge >= 0.3 is 0 Å². The molecule has 0 spiro atoms. The van der Waals surface area contributed by atoms with E-state index in [1.807, 2.05) is 14.0 Å². The normalized spacial score (nSPS) is 19.7. The van der Waals surface area contributed by atoms with Crippen LogP contribution < -0.4 is 5.32 Å². The molecule has 1 aromatic rings. The Kier molecular flexibility index (Phi) is 5.76. The number of nitrogens with zero attached hydrogens (tertiary/aromatic N) is 3. The van der Waals surface area contributed by atoms with E-state index in [2.05, 4.69) is 15.2 Å². The van der Waals surface area contributed by atoms with Gasteiger partial charge in [-0.25, -0.2) is 4.98 Å². The number of aromatic nitrogens is 2. The summed E-state index contributed by atoms with van der Waals surface area (Å²) >= 11 is 0. The standard InChI is InChI=1S/C15H26N4O2/c1-12-14(18(2)11-17-12)15(21)16-7-5-9-19-8-4-3-6-13(19)10-20/h11,13,20H,3-10H2,1-2H3,(H,16,21)/t13-/m0/s1. The van der Waals surface area contributed by atoms with E-state index in [1.165, 1.54) is 12.8 Å². The number of likely N-dealkylation sites (tertiary alicyclic amines) is 1. The van der Waals surface area contributed by atoms with Gasteiger partial charge in [-0.05, 0) is 32.7 Å². The number of aliphatic hydroxyl groups is 1. The predicted octanol–water partition coefficient (Wildman–Crippen LogP) is 0.695. The number of piperidine rings is 1. The maximum atomic E-state index is 12.1. The average Bonchev–Trinajstić information content (AvgIpc) is 2.83. The molecule has 0 saturated carbocycles. The van der Waals surface area contributed by atoms with Gasteiger partial charge in [-0.1, -0.05) is 6.42 Å². The summed E-state index contributed by atoms with van der Waals surface area (Å²) < 4.78 is 1.75. The Balaban J connectivity index is 1.73. The Morgan fingerprint density at radius 2 is 2.33 bits per heavy atom. The van der Waals surface area contributed by atoms with Crippen LogP contribution in [0.1, 0.15) is 41.9 Å². The van der Waals surface area contributed by atoms with Crippen molar-refractivity contribution in [2.24, 2.45) is 7.05 Å². The van der Waals surface area contributed by atoms with Crippen LogP contribution in [0.4, 0.5) is 0 Å². The molecule has 1 atom stereocenters. The minimum atomic E-state index is -0.0650. The number of imidazole rings is 1. The second-order valence-corrected chi connectivity index (χ2v) is 5.77. The van der Waals surface area contributed by atoms with Crippen molar-refractivity contribution in [3.8, 4) is 0 Å². The van der Waals surface area contributed by atoms with Crippen LogP contribution in [-0.4, -0.2) is 57.7 Å². The second-order valence-electron chi connectivity index (χ2n) is 5.77. The Morgan fingerprint density at radius 3 is 3.00 bits per heavy atom. The number of hydrogen-bond acceptors (Lipinski definition) is 4. The van der Waals surface area contributed by atoms with Gasteiger partial charge in [0.2, 0.25) is 0 Å². The lowest BCUT2D eigenvalue weighted by Crippen LogP contribution is -2.43. The van der Waals surface area contributed by atoms with Gasteiger partial charge in [0.15, 0.2) is 0 Å². The molecule has 0 radical (unpaired) electrons. The molecule has 1 aromatic heterocycles. The topological polar surface area (TPSA) is 70.4 Å². The third-order valence-electron chi connectivity index (χ3n) is 4.20. The number of nitrogens with one attached hydrogen (secondary N) is 1. The molecule has 21 heavy (non-hydrogen) atoms. The molecule has 0 unspecified atom stereocenters. The number of carbonyl (C=O) groups is 1. The number of hydrogen-bond donors (Lipinski definition) is 2. The van der Waals surface area contributed by atoms with Gasteiger partial charge in [0.25, 0.3) is 5.91 Å². The summed E-state index contributed by atoms with van der Waals surface area (Å²) in [6.07, 6.45) is 6.05. The van der Waals surface area contributed by atoms with Gasteiger partial charge in [-0.15, -0.1) is 0 Å². The molecule has 0 aliphatic carbocycles. The van der Waals surface area contributed by atoms with E-state index in [-0.39, 0.29) is 12.5 Å². The summed E-state index contributed by atoms with van der Waals surface area (Å²) in [6.45, 7) is 4.71. The Morgan fingerprint density at radius 1 is 1.52 bits per heavy atom. The SMILES string of the molecule is Cc1ncn(C)c1C(=O)NCCCN1CCCC[C@H]1CO. The lowest BCUT2D eigenvalue weighted by atomic mass is 10.0. The maximum absolute atomic E-state index is 12.1. The second kappa shape index (κ2) is 7.56. The van der Waals surface area contributed by atoms with Crippen molar-refractivity contribution in [1.82, 2.24) is 19.8 Å². The highest BCUT2D eigenvalue weighted by Crippen LogP contribution is 2.16. The summed E-state index contributed by atoms with van der Waals surface area (Å²) in [6, 6.07) is 0.300. The molecule has 1 aliphatic heterocycles. The monoisotopic (exact) mass is 294 g/mol. The van der Waals surface area contributed by atoms with Crippen LogP contribution in [-0.2, 0) is 7.05 Å². The first-order valence-electron chi connectivity index (χ1n) is 7.74. The van der Waals surface area contributed by atoms with Gasteiger partial charge in [-0.2, -0.15) is 0 Å². The molecule has 1 aliphatic rings. The molecule has 0 aromatic carbocycles. The summed E-state index contributed by atoms with van der Waals surface area (Å²) in [5.41, 5.74) is 1.38. The summed E-state index contributed by atoms with van der Waals surface area (Å²) in [5.74, 6) is -0.0650. The molecular weight excluding hydrogens is 268 g/mol. The zero-order valence-corrected chi connectivity index (χ0v) is 13.0. The molecule has 2 heterocycles. The van der Waals surface area contributed by atoms with E-state index in [4.69, 9.17) is 0 Å². The maximum Gasteiger partial charge on any atom is 0.269 e. The van der Waals surface area contributed by atoms with Gasteiger partial charge in [-0.3, -0.25) is 9.69 Å². The van der Waals surface area contributed by atoms with Crippen LogP contribution in [0.15, 0.2) is 6.33 Å². The number of carbonyl (C=O) groups excluding carboxylic acids is 1. The molecule has 1 fully saturated rings. The highest BCUT2D eigenvalue weighted by Gasteiger charge is 2.21. The molecular formula is C15H26N4O2.